The van der Waals surface area contributed by atoms with Gasteiger partial charge in [-0.2, -0.15) is 0 Å². The van der Waals surface area contributed by atoms with E-state index in [1.807, 2.05) is 29.6 Å². The van der Waals surface area contributed by atoms with Gasteiger partial charge in [-0.15, -0.1) is 11.3 Å². The molecule has 0 unspecified atom stereocenters. The fraction of sp³-hybridized carbons (Fsp3) is 0.200. The molecule has 0 atom stereocenters. The molecule has 1 aliphatic carbocycles. The molecular formula is C20H17N3O4S. The predicted octanol–water partition coefficient (Wildman–Crippen LogP) is 3.11. The highest BCUT2D eigenvalue weighted by Crippen LogP contribution is 2.28. The van der Waals surface area contributed by atoms with Gasteiger partial charge in [0.05, 0.1) is 21.7 Å². The van der Waals surface area contributed by atoms with E-state index in [0.717, 1.165) is 17.7 Å². The number of rotatable bonds is 5. The lowest BCUT2D eigenvalue weighted by molar-refractivity contribution is -0.123. The van der Waals surface area contributed by atoms with E-state index in [0.29, 0.717) is 22.2 Å². The third kappa shape index (κ3) is 4.17. The number of hydrogen-bond donors (Lipinski definition) is 2. The molecule has 0 bridgehead atoms. The van der Waals surface area contributed by atoms with Crippen molar-refractivity contribution in [3.8, 4) is 10.6 Å². The molecule has 1 saturated carbocycles. The standard InChI is InChI=1S/C20H17N3O4S/c24-18(23-20(26)21-12-7-8-12)11-27-19(25)14-10-16(17-6-3-9-28-17)22-15-5-2-1-4-13(14)15/h1-6,9-10,12H,7-8,11H2,(H2,21,23,24,26). The van der Waals surface area contributed by atoms with E-state index in [-0.39, 0.29) is 6.04 Å². The number of para-hydroxylation sites is 1. The van der Waals surface area contributed by atoms with E-state index in [9.17, 15) is 14.4 Å². The molecule has 2 N–H and O–H groups in total. The number of ether oxygens (including phenoxy) is 1. The molecule has 1 fully saturated rings. The first-order chi connectivity index (χ1) is 13.6. The second-order valence-electron chi connectivity index (χ2n) is 6.42. The third-order valence-electron chi connectivity index (χ3n) is 4.21. The zero-order valence-electron chi connectivity index (χ0n) is 14.8. The van der Waals surface area contributed by atoms with E-state index in [2.05, 4.69) is 15.6 Å². The number of benzene rings is 1. The fourth-order valence-corrected chi connectivity index (χ4v) is 3.40. The Morgan fingerprint density at radius 2 is 1.96 bits per heavy atom. The molecule has 0 aliphatic heterocycles. The van der Waals surface area contributed by atoms with E-state index in [4.69, 9.17) is 4.74 Å². The first-order valence-corrected chi connectivity index (χ1v) is 9.69. The number of urea groups is 1. The van der Waals surface area contributed by atoms with Gasteiger partial charge in [0.1, 0.15) is 0 Å². The number of nitrogens with zero attached hydrogens (tertiary/aromatic N) is 1. The summed E-state index contributed by atoms with van der Waals surface area (Å²) in [5.41, 5.74) is 1.65. The normalized spacial score (nSPS) is 13.1. The molecule has 0 radical (unpaired) electrons. The number of hydrogen-bond acceptors (Lipinski definition) is 6. The maximum Gasteiger partial charge on any atom is 0.339 e. The van der Waals surface area contributed by atoms with Gasteiger partial charge in [-0.1, -0.05) is 24.3 Å². The summed E-state index contributed by atoms with van der Waals surface area (Å²) < 4.78 is 5.14. The van der Waals surface area contributed by atoms with Crippen LogP contribution in [0.25, 0.3) is 21.5 Å². The number of thiophene rings is 1. The maximum atomic E-state index is 12.6. The summed E-state index contributed by atoms with van der Waals surface area (Å²) >= 11 is 1.52. The van der Waals surface area contributed by atoms with Crippen LogP contribution < -0.4 is 10.6 Å². The van der Waals surface area contributed by atoms with Crippen LogP contribution in [0.3, 0.4) is 0 Å². The van der Waals surface area contributed by atoms with Gasteiger partial charge >= 0.3 is 12.0 Å². The summed E-state index contributed by atoms with van der Waals surface area (Å²) in [6.45, 7) is -0.540. The molecule has 3 amide bonds. The monoisotopic (exact) mass is 395 g/mol. The molecule has 3 aromatic rings. The SMILES string of the molecule is O=C(COC(=O)c1cc(-c2cccs2)nc2ccccc12)NC(=O)NC1CC1. The summed E-state index contributed by atoms with van der Waals surface area (Å²) in [6.07, 6.45) is 1.83. The molecule has 8 heteroatoms. The molecule has 2 heterocycles. The molecule has 2 aromatic heterocycles. The largest absolute Gasteiger partial charge is 0.452 e. The summed E-state index contributed by atoms with van der Waals surface area (Å²) in [6, 6.07) is 12.3. The van der Waals surface area contributed by atoms with Crippen molar-refractivity contribution in [2.75, 3.05) is 6.61 Å². The molecule has 7 nitrogen and oxygen atoms in total. The minimum Gasteiger partial charge on any atom is -0.452 e. The van der Waals surface area contributed by atoms with Gasteiger partial charge in [0.25, 0.3) is 5.91 Å². The van der Waals surface area contributed by atoms with Crippen molar-refractivity contribution in [3.05, 3.63) is 53.4 Å². The van der Waals surface area contributed by atoms with Crippen molar-refractivity contribution in [2.45, 2.75) is 18.9 Å². The molecule has 142 valence electrons. The highest BCUT2D eigenvalue weighted by atomic mass is 32.1. The Morgan fingerprint density at radius 1 is 1.14 bits per heavy atom. The number of carbonyl (C=O) groups excluding carboxylic acids is 3. The molecule has 28 heavy (non-hydrogen) atoms. The molecule has 1 aliphatic rings. The van der Waals surface area contributed by atoms with Crippen molar-refractivity contribution in [1.82, 2.24) is 15.6 Å². The van der Waals surface area contributed by atoms with Crippen LogP contribution in [0.1, 0.15) is 23.2 Å². The number of nitrogens with one attached hydrogen (secondary N) is 2. The van der Waals surface area contributed by atoms with Crippen molar-refractivity contribution in [3.63, 3.8) is 0 Å². The van der Waals surface area contributed by atoms with Gasteiger partial charge < -0.3 is 10.1 Å². The summed E-state index contributed by atoms with van der Waals surface area (Å²) in [4.78, 5) is 41.6. The van der Waals surface area contributed by atoms with Crippen LogP contribution in [0, 0.1) is 0 Å². The van der Waals surface area contributed by atoms with Crippen LogP contribution >= 0.6 is 11.3 Å². The molecule has 0 saturated heterocycles. The Hall–Kier alpha value is -3.26. The summed E-state index contributed by atoms with van der Waals surface area (Å²) in [5, 5.41) is 7.36. The average Bonchev–Trinajstić information content (AvgIpc) is 3.32. The number of carbonyl (C=O) groups is 3. The van der Waals surface area contributed by atoms with Gasteiger partial charge in [-0.25, -0.2) is 14.6 Å². The van der Waals surface area contributed by atoms with Crippen molar-refractivity contribution < 1.29 is 19.1 Å². The van der Waals surface area contributed by atoms with Gasteiger partial charge in [0.15, 0.2) is 6.61 Å². The highest BCUT2D eigenvalue weighted by molar-refractivity contribution is 7.13. The lowest BCUT2D eigenvalue weighted by atomic mass is 10.1. The predicted molar refractivity (Wildman–Crippen MR) is 105 cm³/mol. The van der Waals surface area contributed by atoms with Crippen LogP contribution in [0.15, 0.2) is 47.8 Å². The zero-order valence-corrected chi connectivity index (χ0v) is 15.6. The molecule has 1 aromatic carbocycles. The number of imide groups is 1. The van der Waals surface area contributed by atoms with E-state index >= 15 is 0 Å². The Balaban J connectivity index is 1.50. The number of amides is 3. The first-order valence-electron chi connectivity index (χ1n) is 8.81. The average molecular weight is 395 g/mol. The fourth-order valence-electron chi connectivity index (χ4n) is 2.72. The Bertz CT molecular complexity index is 1040. The number of pyridine rings is 1. The third-order valence-corrected chi connectivity index (χ3v) is 5.10. The molecule has 4 rings (SSSR count). The van der Waals surface area contributed by atoms with Crippen LogP contribution in [-0.4, -0.2) is 35.5 Å². The lowest BCUT2D eigenvalue weighted by Crippen LogP contribution is -2.42. The van der Waals surface area contributed by atoms with Gasteiger partial charge in [-0.05, 0) is 36.4 Å². The highest BCUT2D eigenvalue weighted by Gasteiger charge is 2.24. The van der Waals surface area contributed by atoms with Crippen LogP contribution in [0.2, 0.25) is 0 Å². The maximum absolute atomic E-state index is 12.6. The zero-order chi connectivity index (χ0) is 19.5. The number of fused-ring (bicyclic) bond motifs is 1. The Labute approximate surface area is 164 Å². The van der Waals surface area contributed by atoms with Crippen molar-refractivity contribution in [2.24, 2.45) is 0 Å². The minimum atomic E-state index is -0.677. The Kier molecular flexibility index (Phi) is 5.03. The van der Waals surface area contributed by atoms with Crippen molar-refractivity contribution >= 4 is 40.1 Å². The second-order valence-corrected chi connectivity index (χ2v) is 7.37. The van der Waals surface area contributed by atoms with E-state index in [1.54, 1.807) is 18.2 Å². The topological polar surface area (TPSA) is 97.4 Å². The number of aromatic nitrogens is 1. The lowest BCUT2D eigenvalue weighted by Gasteiger charge is -2.10. The number of esters is 1. The quantitative estimate of drug-likeness (QED) is 0.647. The van der Waals surface area contributed by atoms with Crippen LogP contribution in [0.4, 0.5) is 4.79 Å². The van der Waals surface area contributed by atoms with Crippen molar-refractivity contribution in [1.29, 1.82) is 0 Å². The Morgan fingerprint density at radius 3 is 2.71 bits per heavy atom. The smallest absolute Gasteiger partial charge is 0.339 e. The minimum absolute atomic E-state index is 0.134. The molecular weight excluding hydrogens is 378 g/mol. The summed E-state index contributed by atoms with van der Waals surface area (Å²) in [5.74, 6) is -1.32. The second kappa shape index (κ2) is 7.77. The van der Waals surface area contributed by atoms with Gasteiger partial charge in [0, 0.05) is 11.4 Å². The van der Waals surface area contributed by atoms with Crippen LogP contribution in [-0.2, 0) is 9.53 Å². The molecule has 0 spiro atoms. The van der Waals surface area contributed by atoms with E-state index < -0.39 is 24.5 Å². The van der Waals surface area contributed by atoms with Gasteiger partial charge in [-0.3, -0.25) is 10.1 Å². The van der Waals surface area contributed by atoms with E-state index in [1.165, 1.54) is 11.3 Å². The van der Waals surface area contributed by atoms with Crippen LogP contribution in [0.5, 0.6) is 0 Å². The van der Waals surface area contributed by atoms with Gasteiger partial charge in [0.2, 0.25) is 0 Å². The first kappa shape index (κ1) is 18.1. The summed E-state index contributed by atoms with van der Waals surface area (Å²) in [7, 11) is 0.